The molecule has 0 bridgehead atoms. The van der Waals surface area contributed by atoms with Crippen molar-refractivity contribution < 1.29 is 14.7 Å². The van der Waals surface area contributed by atoms with E-state index in [1.54, 1.807) is 0 Å². The SMILES string of the molecule is CCCN1CC(C)CN(C)C(CCC(=O)O)C1=O. The van der Waals surface area contributed by atoms with Crippen LogP contribution in [0.1, 0.15) is 33.1 Å². The lowest BCUT2D eigenvalue weighted by Gasteiger charge is -2.27. The number of hydrogen-bond donors (Lipinski definition) is 1. The number of aliphatic carboxylic acids is 1. The molecule has 0 aliphatic carbocycles. The number of carbonyl (C=O) groups is 2. The van der Waals surface area contributed by atoms with Gasteiger partial charge in [-0.3, -0.25) is 14.5 Å². The summed E-state index contributed by atoms with van der Waals surface area (Å²) in [5.74, 6) is -0.319. The van der Waals surface area contributed by atoms with Crippen LogP contribution in [0.25, 0.3) is 0 Å². The van der Waals surface area contributed by atoms with Gasteiger partial charge in [0.25, 0.3) is 0 Å². The maximum Gasteiger partial charge on any atom is 0.303 e. The molecule has 1 aliphatic rings. The summed E-state index contributed by atoms with van der Waals surface area (Å²) in [4.78, 5) is 27.0. The molecule has 1 saturated heterocycles. The fourth-order valence-electron chi connectivity index (χ4n) is 2.62. The maximum absolute atomic E-state index is 12.4. The van der Waals surface area contributed by atoms with E-state index in [4.69, 9.17) is 5.11 Å². The first kappa shape index (κ1) is 15.0. The Labute approximate surface area is 109 Å². The molecule has 0 aromatic heterocycles. The summed E-state index contributed by atoms with van der Waals surface area (Å²) in [6.45, 7) is 6.57. The Hall–Kier alpha value is -1.10. The third-order valence-electron chi connectivity index (χ3n) is 3.39. The van der Waals surface area contributed by atoms with Gasteiger partial charge in [-0.2, -0.15) is 0 Å². The molecule has 18 heavy (non-hydrogen) atoms. The standard InChI is InChI=1S/C13H24N2O3/c1-4-7-15-9-10(2)8-14(3)11(13(15)18)5-6-12(16)17/h10-11H,4-9H2,1-3H3,(H,16,17). The monoisotopic (exact) mass is 256 g/mol. The van der Waals surface area contributed by atoms with Crippen molar-refractivity contribution in [3.05, 3.63) is 0 Å². The molecule has 0 saturated carbocycles. The van der Waals surface area contributed by atoms with Crippen LogP contribution in [-0.4, -0.2) is 59.5 Å². The molecule has 1 heterocycles. The molecule has 0 aromatic rings. The predicted molar refractivity (Wildman–Crippen MR) is 69.3 cm³/mol. The van der Waals surface area contributed by atoms with Gasteiger partial charge >= 0.3 is 5.97 Å². The van der Waals surface area contributed by atoms with Crippen molar-refractivity contribution in [3.8, 4) is 0 Å². The number of likely N-dealkylation sites (N-methyl/N-ethyl adjacent to an activating group) is 1. The average Bonchev–Trinajstić information content (AvgIpc) is 2.36. The van der Waals surface area contributed by atoms with Gasteiger partial charge in [0, 0.05) is 26.1 Å². The van der Waals surface area contributed by atoms with Gasteiger partial charge in [-0.15, -0.1) is 0 Å². The first-order chi connectivity index (χ1) is 8.45. The molecule has 5 nitrogen and oxygen atoms in total. The fraction of sp³-hybridized carbons (Fsp3) is 0.846. The average molecular weight is 256 g/mol. The summed E-state index contributed by atoms with van der Waals surface area (Å²) in [7, 11) is 1.91. The van der Waals surface area contributed by atoms with Gasteiger partial charge in [0.05, 0.1) is 6.04 Å². The van der Waals surface area contributed by atoms with Crippen molar-refractivity contribution >= 4 is 11.9 Å². The van der Waals surface area contributed by atoms with Gasteiger partial charge in [-0.05, 0) is 25.8 Å². The number of rotatable bonds is 5. The molecule has 2 atom stereocenters. The third kappa shape index (κ3) is 3.98. The van der Waals surface area contributed by atoms with E-state index in [0.717, 1.165) is 26.1 Å². The van der Waals surface area contributed by atoms with Crippen LogP contribution < -0.4 is 0 Å². The zero-order chi connectivity index (χ0) is 13.7. The second-order valence-electron chi connectivity index (χ2n) is 5.28. The predicted octanol–water partition coefficient (Wildman–Crippen LogP) is 1.04. The number of amides is 1. The Morgan fingerprint density at radius 3 is 2.67 bits per heavy atom. The van der Waals surface area contributed by atoms with Crippen molar-refractivity contribution in [2.24, 2.45) is 5.92 Å². The van der Waals surface area contributed by atoms with Crippen molar-refractivity contribution in [3.63, 3.8) is 0 Å². The lowest BCUT2D eigenvalue weighted by atomic mass is 10.1. The van der Waals surface area contributed by atoms with Crippen molar-refractivity contribution in [2.75, 3.05) is 26.7 Å². The van der Waals surface area contributed by atoms with E-state index < -0.39 is 5.97 Å². The van der Waals surface area contributed by atoms with Crippen LogP contribution in [0.4, 0.5) is 0 Å². The lowest BCUT2D eigenvalue weighted by molar-refractivity contribution is -0.138. The number of carboxylic acids is 1. The molecule has 2 unspecified atom stereocenters. The summed E-state index contributed by atoms with van der Waals surface area (Å²) in [5, 5.41) is 8.76. The number of carboxylic acid groups (broad SMARTS) is 1. The Morgan fingerprint density at radius 1 is 1.44 bits per heavy atom. The first-order valence-electron chi connectivity index (χ1n) is 6.66. The summed E-state index contributed by atoms with van der Waals surface area (Å²) >= 11 is 0. The van der Waals surface area contributed by atoms with Gasteiger partial charge in [-0.1, -0.05) is 13.8 Å². The van der Waals surface area contributed by atoms with Crippen LogP contribution in [0.3, 0.4) is 0 Å². The van der Waals surface area contributed by atoms with E-state index in [-0.39, 0.29) is 18.4 Å². The Kier molecular flexibility index (Phi) is 5.59. The van der Waals surface area contributed by atoms with E-state index in [2.05, 4.69) is 13.8 Å². The zero-order valence-corrected chi connectivity index (χ0v) is 11.6. The Morgan fingerprint density at radius 2 is 2.11 bits per heavy atom. The second kappa shape index (κ2) is 6.73. The van der Waals surface area contributed by atoms with E-state index >= 15 is 0 Å². The minimum atomic E-state index is -0.837. The molecule has 1 N–H and O–H groups in total. The lowest BCUT2D eigenvalue weighted by Crippen LogP contribution is -2.44. The minimum absolute atomic E-state index is 0.0507. The molecule has 1 fully saturated rings. The normalized spacial score (nSPS) is 26.2. The van der Waals surface area contributed by atoms with Crippen LogP contribution in [0, 0.1) is 5.92 Å². The molecule has 1 aliphatic heterocycles. The van der Waals surface area contributed by atoms with Gasteiger partial charge in [0.2, 0.25) is 5.91 Å². The molecule has 1 rings (SSSR count). The molecule has 0 spiro atoms. The molecular weight excluding hydrogens is 232 g/mol. The van der Waals surface area contributed by atoms with E-state index in [1.165, 1.54) is 0 Å². The highest BCUT2D eigenvalue weighted by Gasteiger charge is 2.32. The number of nitrogens with zero attached hydrogens (tertiary/aromatic N) is 2. The molecule has 5 heteroatoms. The highest BCUT2D eigenvalue weighted by Crippen LogP contribution is 2.17. The fourth-order valence-corrected chi connectivity index (χ4v) is 2.62. The highest BCUT2D eigenvalue weighted by molar-refractivity contribution is 5.82. The summed E-state index contributed by atoms with van der Waals surface area (Å²) in [6.07, 6.45) is 1.39. The molecule has 0 radical (unpaired) electrons. The van der Waals surface area contributed by atoms with Gasteiger partial charge in [0.1, 0.15) is 0 Å². The van der Waals surface area contributed by atoms with Gasteiger partial charge in [-0.25, -0.2) is 0 Å². The number of carbonyl (C=O) groups excluding carboxylic acids is 1. The number of hydrogen-bond acceptors (Lipinski definition) is 3. The van der Waals surface area contributed by atoms with Crippen LogP contribution in [0.15, 0.2) is 0 Å². The topological polar surface area (TPSA) is 60.9 Å². The maximum atomic E-state index is 12.4. The van der Waals surface area contributed by atoms with Crippen LogP contribution >= 0.6 is 0 Å². The van der Waals surface area contributed by atoms with Crippen LogP contribution in [0.5, 0.6) is 0 Å². The molecular formula is C13H24N2O3. The molecule has 1 amide bonds. The summed E-state index contributed by atoms with van der Waals surface area (Å²) in [6, 6.07) is -0.280. The summed E-state index contributed by atoms with van der Waals surface area (Å²) < 4.78 is 0. The quantitative estimate of drug-likeness (QED) is 0.798. The highest BCUT2D eigenvalue weighted by atomic mass is 16.4. The van der Waals surface area contributed by atoms with E-state index in [0.29, 0.717) is 12.3 Å². The van der Waals surface area contributed by atoms with Crippen LogP contribution in [0.2, 0.25) is 0 Å². The minimum Gasteiger partial charge on any atom is -0.481 e. The van der Waals surface area contributed by atoms with Crippen molar-refractivity contribution in [2.45, 2.75) is 39.2 Å². The third-order valence-corrected chi connectivity index (χ3v) is 3.39. The molecule has 104 valence electrons. The van der Waals surface area contributed by atoms with Crippen molar-refractivity contribution in [1.29, 1.82) is 0 Å². The second-order valence-corrected chi connectivity index (χ2v) is 5.28. The van der Waals surface area contributed by atoms with Gasteiger partial charge in [0.15, 0.2) is 0 Å². The van der Waals surface area contributed by atoms with Gasteiger partial charge < -0.3 is 10.0 Å². The van der Waals surface area contributed by atoms with E-state index in [1.807, 2.05) is 16.8 Å². The Balaban J connectivity index is 2.76. The smallest absolute Gasteiger partial charge is 0.303 e. The van der Waals surface area contributed by atoms with E-state index in [9.17, 15) is 9.59 Å². The first-order valence-corrected chi connectivity index (χ1v) is 6.66. The van der Waals surface area contributed by atoms with Crippen molar-refractivity contribution in [1.82, 2.24) is 9.80 Å². The zero-order valence-electron chi connectivity index (χ0n) is 11.6. The Bertz CT molecular complexity index is 307. The summed E-state index contributed by atoms with van der Waals surface area (Å²) in [5.41, 5.74) is 0. The van der Waals surface area contributed by atoms with Crippen LogP contribution in [-0.2, 0) is 9.59 Å². The largest absolute Gasteiger partial charge is 0.481 e. The molecule has 0 aromatic carbocycles.